The molecule has 0 radical (unpaired) electrons. The average Bonchev–Trinajstić information content (AvgIpc) is 2.98. The highest BCUT2D eigenvalue weighted by molar-refractivity contribution is 7.19. The highest BCUT2D eigenvalue weighted by Gasteiger charge is 2.19. The van der Waals surface area contributed by atoms with E-state index < -0.39 is 0 Å². The molecule has 1 aromatic carbocycles. The second-order valence-corrected chi connectivity index (χ2v) is 5.84. The van der Waals surface area contributed by atoms with Crippen LogP contribution < -0.4 is 5.32 Å². The van der Waals surface area contributed by atoms with Crippen molar-refractivity contribution in [2.75, 3.05) is 7.05 Å². The molecule has 1 aromatic heterocycles. The lowest BCUT2D eigenvalue weighted by atomic mass is 10.0. The molecule has 1 atom stereocenters. The zero-order chi connectivity index (χ0) is 12.5. The summed E-state index contributed by atoms with van der Waals surface area (Å²) in [5.41, 5.74) is 1.48. The van der Waals surface area contributed by atoms with Crippen LogP contribution in [-0.4, -0.2) is 7.05 Å². The van der Waals surface area contributed by atoms with Crippen LogP contribution in [0.2, 0.25) is 0 Å². The minimum atomic E-state index is -0.156. The van der Waals surface area contributed by atoms with Gasteiger partial charge in [0.05, 0.1) is 6.04 Å². The Bertz CT molecular complexity index is 600. The van der Waals surface area contributed by atoms with Crippen molar-refractivity contribution in [3.63, 3.8) is 0 Å². The number of rotatable bonds is 3. The molecule has 3 heteroatoms. The summed E-state index contributed by atoms with van der Waals surface area (Å²) in [5.74, 6) is -0.156. The third kappa shape index (κ3) is 2.08. The summed E-state index contributed by atoms with van der Waals surface area (Å²) in [6, 6.07) is 7.49. The molecule has 0 spiro atoms. The SMILES string of the molecule is CNC(C1=CCCC1)c1cc2ccc(F)cc2s1. The normalized spacial score (nSPS) is 17.1. The van der Waals surface area contributed by atoms with Gasteiger partial charge >= 0.3 is 0 Å². The number of nitrogens with one attached hydrogen (secondary N) is 1. The van der Waals surface area contributed by atoms with Crippen LogP contribution in [0.4, 0.5) is 4.39 Å². The molecule has 2 aromatic rings. The second-order valence-electron chi connectivity index (χ2n) is 4.72. The maximum Gasteiger partial charge on any atom is 0.124 e. The monoisotopic (exact) mass is 261 g/mol. The van der Waals surface area contributed by atoms with Gasteiger partial charge in [0.2, 0.25) is 0 Å². The lowest BCUT2D eigenvalue weighted by molar-refractivity contribution is 0.630. The van der Waals surface area contributed by atoms with E-state index in [0.717, 1.165) is 10.1 Å². The van der Waals surface area contributed by atoms with E-state index in [2.05, 4.69) is 17.5 Å². The van der Waals surface area contributed by atoms with E-state index in [1.54, 1.807) is 17.4 Å². The number of hydrogen-bond acceptors (Lipinski definition) is 2. The van der Waals surface area contributed by atoms with E-state index >= 15 is 0 Å². The van der Waals surface area contributed by atoms with Crippen LogP contribution in [0.15, 0.2) is 35.9 Å². The van der Waals surface area contributed by atoms with Gasteiger partial charge in [0.15, 0.2) is 0 Å². The van der Waals surface area contributed by atoms with Gasteiger partial charge in [0.25, 0.3) is 0 Å². The molecule has 0 amide bonds. The van der Waals surface area contributed by atoms with E-state index in [0.29, 0.717) is 6.04 Å². The van der Waals surface area contributed by atoms with Crippen LogP contribution in [0, 0.1) is 5.82 Å². The van der Waals surface area contributed by atoms with E-state index in [1.807, 2.05) is 13.1 Å². The third-order valence-corrected chi connectivity index (χ3v) is 4.68. The van der Waals surface area contributed by atoms with Gasteiger partial charge in [-0.15, -0.1) is 11.3 Å². The molecule has 0 bridgehead atoms. The first-order valence-electron chi connectivity index (χ1n) is 6.33. The lowest BCUT2D eigenvalue weighted by Gasteiger charge is -2.15. The molecule has 1 nitrogen and oxygen atoms in total. The predicted octanol–water partition coefficient (Wildman–Crippen LogP) is 4.41. The van der Waals surface area contributed by atoms with Crippen molar-refractivity contribution in [2.45, 2.75) is 25.3 Å². The first kappa shape index (κ1) is 11.9. The molecule has 0 aliphatic heterocycles. The number of thiophene rings is 1. The molecule has 1 unspecified atom stereocenters. The van der Waals surface area contributed by atoms with Crippen LogP contribution in [0.25, 0.3) is 10.1 Å². The van der Waals surface area contributed by atoms with Crippen LogP contribution in [0.3, 0.4) is 0 Å². The predicted molar refractivity (Wildman–Crippen MR) is 75.5 cm³/mol. The third-order valence-electron chi connectivity index (χ3n) is 3.52. The van der Waals surface area contributed by atoms with Gasteiger partial charge in [-0.3, -0.25) is 0 Å². The first-order valence-corrected chi connectivity index (χ1v) is 7.15. The summed E-state index contributed by atoms with van der Waals surface area (Å²) < 4.78 is 14.2. The molecule has 3 rings (SSSR count). The Morgan fingerprint density at radius 3 is 2.94 bits per heavy atom. The smallest absolute Gasteiger partial charge is 0.124 e. The molecule has 1 aliphatic carbocycles. The van der Waals surface area contributed by atoms with Gasteiger partial charge in [-0.1, -0.05) is 17.7 Å². The topological polar surface area (TPSA) is 12.0 Å². The Kier molecular flexibility index (Phi) is 3.18. The second kappa shape index (κ2) is 4.82. The molecule has 1 N–H and O–H groups in total. The zero-order valence-electron chi connectivity index (χ0n) is 10.4. The van der Waals surface area contributed by atoms with Gasteiger partial charge < -0.3 is 5.32 Å². The van der Waals surface area contributed by atoms with Crippen molar-refractivity contribution >= 4 is 21.4 Å². The molecule has 18 heavy (non-hydrogen) atoms. The largest absolute Gasteiger partial charge is 0.309 e. The molecule has 0 saturated heterocycles. The van der Waals surface area contributed by atoms with E-state index in [9.17, 15) is 4.39 Å². The molecular formula is C15H16FNS. The number of halogens is 1. The summed E-state index contributed by atoms with van der Waals surface area (Å²) >= 11 is 1.69. The molecular weight excluding hydrogens is 245 g/mol. The van der Waals surface area contributed by atoms with Crippen molar-refractivity contribution in [2.24, 2.45) is 0 Å². The van der Waals surface area contributed by atoms with Crippen molar-refractivity contribution in [3.8, 4) is 0 Å². The lowest BCUT2D eigenvalue weighted by Crippen LogP contribution is -2.16. The number of fused-ring (bicyclic) bond motifs is 1. The van der Waals surface area contributed by atoms with Gasteiger partial charge in [-0.05, 0) is 49.9 Å². The summed E-state index contributed by atoms with van der Waals surface area (Å²) in [7, 11) is 1.99. The van der Waals surface area contributed by atoms with Gasteiger partial charge in [-0.25, -0.2) is 4.39 Å². The Morgan fingerprint density at radius 1 is 1.33 bits per heavy atom. The van der Waals surface area contributed by atoms with E-state index in [4.69, 9.17) is 0 Å². The molecule has 0 saturated carbocycles. The van der Waals surface area contributed by atoms with Crippen molar-refractivity contribution in [1.29, 1.82) is 0 Å². The fourth-order valence-corrected chi connectivity index (χ4v) is 3.88. The van der Waals surface area contributed by atoms with Crippen LogP contribution in [0.5, 0.6) is 0 Å². The Balaban J connectivity index is 2.01. The molecule has 1 heterocycles. The van der Waals surface area contributed by atoms with E-state index in [-0.39, 0.29) is 5.82 Å². The highest BCUT2D eigenvalue weighted by Crippen LogP contribution is 2.36. The summed E-state index contributed by atoms with van der Waals surface area (Å²) in [4.78, 5) is 1.28. The maximum atomic E-state index is 13.2. The zero-order valence-corrected chi connectivity index (χ0v) is 11.2. The van der Waals surface area contributed by atoms with Crippen LogP contribution in [-0.2, 0) is 0 Å². The fourth-order valence-electron chi connectivity index (χ4n) is 2.64. The first-order chi connectivity index (χ1) is 8.78. The van der Waals surface area contributed by atoms with Crippen molar-refractivity contribution in [3.05, 3.63) is 46.6 Å². The Hall–Kier alpha value is -1.19. The van der Waals surface area contributed by atoms with Gasteiger partial charge in [-0.2, -0.15) is 0 Å². The number of likely N-dealkylation sites (N-methyl/N-ethyl adjacent to an activating group) is 1. The molecule has 1 aliphatic rings. The number of allylic oxidation sites excluding steroid dienone is 1. The Morgan fingerprint density at radius 2 is 2.22 bits per heavy atom. The average molecular weight is 261 g/mol. The van der Waals surface area contributed by atoms with Gasteiger partial charge in [0, 0.05) is 9.58 Å². The van der Waals surface area contributed by atoms with Crippen molar-refractivity contribution in [1.82, 2.24) is 5.32 Å². The molecule has 0 fully saturated rings. The minimum absolute atomic E-state index is 0.156. The Labute approximate surface area is 110 Å². The van der Waals surface area contributed by atoms with Crippen LogP contribution in [0.1, 0.15) is 30.2 Å². The van der Waals surface area contributed by atoms with Gasteiger partial charge in [0.1, 0.15) is 5.82 Å². The molecule has 94 valence electrons. The maximum absolute atomic E-state index is 13.2. The summed E-state index contributed by atoms with van der Waals surface area (Å²) in [6.45, 7) is 0. The number of hydrogen-bond donors (Lipinski definition) is 1. The van der Waals surface area contributed by atoms with Crippen molar-refractivity contribution < 1.29 is 4.39 Å². The van der Waals surface area contributed by atoms with E-state index in [1.165, 1.54) is 35.8 Å². The quantitative estimate of drug-likeness (QED) is 0.807. The summed E-state index contributed by atoms with van der Waals surface area (Å²) in [6.07, 6.45) is 5.96. The highest BCUT2D eigenvalue weighted by atomic mass is 32.1. The van der Waals surface area contributed by atoms with Crippen LogP contribution >= 0.6 is 11.3 Å². The summed E-state index contributed by atoms with van der Waals surface area (Å²) in [5, 5.41) is 4.52. The number of benzene rings is 1. The standard InChI is InChI=1S/C15H16FNS/c1-17-15(10-4-2-3-5-10)14-8-11-6-7-12(16)9-13(11)18-14/h4,6-9,15,17H,2-3,5H2,1H3. The minimum Gasteiger partial charge on any atom is -0.309 e. The fraction of sp³-hybridized carbons (Fsp3) is 0.333.